The molecule has 1 saturated heterocycles. The first-order valence-corrected chi connectivity index (χ1v) is 8.88. The molecule has 0 radical (unpaired) electrons. The largest absolute Gasteiger partial charge is 0.387 e. The van der Waals surface area contributed by atoms with Gasteiger partial charge in [0.15, 0.2) is 0 Å². The number of rotatable bonds is 5. The van der Waals surface area contributed by atoms with Crippen LogP contribution in [0.4, 0.5) is 0 Å². The van der Waals surface area contributed by atoms with Crippen LogP contribution in [0, 0.1) is 11.3 Å². The number of nitrogens with two attached hydrogens (primary N) is 1. The molecule has 1 fully saturated rings. The molecule has 0 saturated carbocycles. The zero-order valence-electron chi connectivity index (χ0n) is 12.3. The summed E-state index contributed by atoms with van der Waals surface area (Å²) in [5.74, 6) is 0.302. The second kappa shape index (κ2) is 6.58. The Labute approximate surface area is 126 Å². The summed E-state index contributed by atoms with van der Waals surface area (Å²) in [4.78, 5) is 0. The molecule has 0 aromatic heterocycles. The summed E-state index contributed by atoms with van der Waals surface area (Å²) < 4.78 is 26.5. The summed E-state index contributed by atoms with van der Waals surface area (Å²) in [6.45, 7) is 2.87. The smallest absolute Gasteiger partial charge is 0.214 e. The highest BCUT2D eigenvalue weighted by atomic mass is 32.2. The minimum atomic E-state index is -3.26. The molecule has 6 heteroatoms. The number of piperidine rings is 1. The molecular formula is C15H23N3O2S. The van der Waals surface area contributed by atoms with Gasteiger partial charge in [0.2, 0.25) is 10.0 Å². The molecule has 116 valence electrons. The maximum atomic E-state index is 12.5. The van der Waals surface area contributed by atoms with Crippen molar-refractivity contribution in [3.8, 4) is 0 Å². The van der Waals surface area contributed by atoms with Crippen molar-refractivity contribution in [3.63, 3.8) is 0 Å². The van der Waals surface area contributed by atoms with E-state index in [0.717, 1.165) is 5.56 Å². The van der Waals surface area contributed by atoms with Gasteiger partial charge in [-0.1, -0.05) is 37.3 Å². The fourth-order valence-corrected chi connectivity index (χ4v) is 4.55. The third-order valence-electron chi connectivity index (χ3n) is 4.12. The van der Waals surface area contributed by atoms with Crippen LogP contribution in [0.5, 0.6) is 0 Å². The third kappa shape index (κ3) is 4.04. The van der Waals surface area contributed by atoms with Crippen molar-refractivity contribution in [1.82, 2.24) is 4.31 Å². The molecule has 0 aliphatic carbocycles. The van der Waals surface area contributed by atoms with Gasteiger partial charge in [0.25, 0.3) is 0 Å². The van der Waals surface area contributed by atoms with Gasteiger partial charge >= 0.3 is 0 Å². The van der Waals surface area contributed by atoms with Gasteiger partial charge in [0.1, 0.15) is 0 Å². The molecule has 0 amide bonds. The van der Waals surface area contributed by atoms with Crippen LogP contribution in [0.3, 0.4) is 0 Å². The fourth-order valence-electron chi connectivity index (χ4n) is 2.74. The molecule has 1 atom stereocenters. The average molecular weight is 309 g/mol. The van der Waals surface area contributed by atoms with Gasteiger partial charge in [-0.15, -0.1) is 0 Å². The molecule has 0 bridgehead atoms. The molecule has 1 aliphatic heterocycles. The normalized spacial score (nSPS) is 19.3. The summed E-state index contributed by atoms with van der Waals surface area (Å²) >= 11 is 0. The highest BCUT2D eigenvalue weighted by Crippen LogP contribution is 2.23. The highest BCUT2D eigenvalue weighted by Gasteiger charge is 2.30. The number of amidine groups is 1. The van der Waals surface area contributed by atoms with E-state index in [-0.39, 0.29) is 23.4 Å². The van der Waals surface area contributed by atoms with Crippen LogP contribution in [0.25, 0.3) is 0 Å². The van der Waals surface area contributed by atoms with Crippen molar-refractivity contribution >= 4 is 15.9 Å². The maximum absolute atomic E-state index is 12.5. The summed E-state index contributed by atoms with van der Waals surface area (Å²) in [5.41, 5.74) is 6.54. The van der Waals surface area contributed by atoms with Crippen LogP contribution in [0.15, 0.2) is 30.3 Å². The summed E-state index contributed by atoms with van der Waals surface area (Å²) in [7, 11) is -3.26. The maximum Gasteiger partial charge on any atom is 0.214 e. The first-order valence-electron chi connectivity index (χ1n) is 7.27. The molecule has 0 spiro atoms. The third-order valence-corrected chi connectivity index (χ3v) is 6.19. The predicted octanol–water partition coefficient (Wildman–Crippen LogP) is 1.77. The molecule has 1 heterocycles. The van der Waals surface area contributed by atoms with Crippen molar-refractivity contribution in [2.24, 2.45) is 11.7 Å². The van der Waals surface area contributed by atoms with E-state index >= 15 is 0 Å². The number of hydrogen-bond donors (Lipinski definition) is 2. The van der Waals surface area contributed by atoms with Gasteiger partial charge in [-0.05, 0) is 24.3 Å². The van der Waals surface area contributed by atoms with E-state index in [1.807, 2.05) is 37.3 Å². The fraction of sp³-hybridized carbons (Fsp3) is 0.533. The SMILES string of the molecule is CC(CS(=O)(=O)N1CCC(C(=N)N)CC1)c1ccccc1. The first-order chi connectivity index (χ1) is 9.90. The topological polar surface area (TPSA) is 87.2 Å². The molecular weight excluding hydrogens is 286 g/mol. The Morgan fingerprint density at radius 2 is 1.90 bits per heavy atom. The zero-order chi connectivity index (χ0) is 15.5. The van der Waals surface area contributed by atoms with Gasteiger partial charge in [0, 0.05) is 19.0 Å². The van der Waals surface area contributed by atoms with Crippen molar-refractivity contribution < 1.29 is 8.42 Å². The first kappa shape index (κ1) is 16.0. The standard InChI is InChI=1S/C15H23N3O2S/c1-12(13-5-3-2-4-6-13)11-21(19,20)18-9-7-14(8-10-18)15(16)17/h2-6,12,14H,7-11H2,1H3,(H3,16,17). The quantitative estimate of drug-likeness (QED) is 0.642. The van der Waals surface area contributed by atoms with Gasteiger partial charge in [-0.2, -0.15) is 0 Å². The number of sulfonamides is 1. The van der Waals surface area contributed by atoms with Crippen LogP contribution in [-0.4, -0.2) is 37.4 Å². The summed E-state index contributed by atoms with van der Waals surface area (Å²) in [6.07, 6.45) is 1.29. The molecule has 1 aromatic rings. The van der Waals surface area contributed by atoms with Crippen LogP contribution in [0.1, 0.15) is 31.2 Å². The van der Waals surface area contributed by atoms with E-state index < -0.39 is 10.0 Å². The predicted molar refractivity (Wildman–Crippen MR) is 84.9 cm³/mol. The molecule has 2 rings (SSSR count). The van der Waals surface area contributed by atoms with Crippen LogP contribution >= 0.6 is 0 Å². The summed E-state index contributed by atoms with van der Waals surface area (Å²) in [5, 5.41) is 7.45. The van der Waals surface area contributed by atoms with E-state index in [2.05, 4.69) is 0 Å². The Bertz CT molecular complexity index is 578. The minimum absolute atomic E-state index is 0.0262. The van der Waals surface area contributed by atoms with Crippen molar-refractivity contribution in [2.75, 3.05) is 18.8 Å². The second-order valence-electron chi connectivity index (χ2n) is 5.72. The minimum Gasteiger partial charge on any atom is -0.387 e. The van der Waals surface area contributed by atoms with Gasteiger partial charge in [0.05, 0.1) is 11.6 Å². The average Bonchev–Trinajstić information content (AvgIpc) is 2.48. The van der Waals surface area contributed by atoms with Gasteiger partial charge < -0.3 is 5.73 Å². The van der Waals surface area contributed by atoms with Gasteiger partial charge in [-0.25, -0.2) is 12.7 Å². The second-order valence-corrected chi connectivity index (χ2v) is 7.73. The lowest BCUT2D eigenvalue weighted by molar-refractivity contribution is 0.314. The van der Waals surface area contributed by atoms with E-state index in [1.54, 1.807) is 4.31 Å². The van der Waals surface area contributed by atoms with Gasteiger partial charge in [-0.3, -0.25) is 5.41 Å². The number of nitrogens with one attached hydrogen (secondary N) is 1. The van der Waals surface area contributed by atoms with E-state index in [1.165, 1.54) is 0 Å². The van der Waals surface area contributed by atoms with E-state index in [0.29, 0.717) is 25.9 Å². The molecule has 1 aliphatic rings. The molecule has 21 heavy (non-hydrogen) atoms. The number of hydrogen-bond acceptors (Lipinski definition) is 3. The van der Waals surface area contributed by atoms with Crippen molar-refractivity contribution in [1.29, 1.82) is 5.41 Å². The zero-order valence-corrected chi connectivity index (χ0v) is 13.1. The summed E-state index contributed by atoms with van der Waals surface area (Å²) in [6, 6.07) is 9.70. The monoisotopic (exact) mass is 309 g/mol. The van der Waals surface area contributed by atoms with E-state index in [4.69, 9.17) is 11.1 Å². The Morgan fingerprint density at radius 3 is 2.43 bits per heavy atom. The number of benzene rings is 1. The lowest BCUT2D eigenvalue weighted by atomic mass is 9.97. The Morgan fingerprint density at radius 1 is 1.33 bits per heavy atom. The Balaban J connectivity index is 1.98. The number of nitrogens with zero attached hydrogens (tertiary/aromatic N) is 1. The van der Waals surface area contributed by atoms with Crippen LogP contribution in [0.2, 0.25) is 0 Å². The molecule has 1 unspecified atom stereocenters. The molecule has 3 N–H and O–H groups in total. The highest BCUT2D eigenvalue weighted by molar-refractivity contribution is 7.89. The van der Waals surface area contributed by atoms with Crippen molar-refractivity contribution in [2.45, 2.75) is 25.7 Å². The Kier molecular flexibility index (Phi) is 5.00. The van der Waals surface area contributed by atoms with Crippen molar-refractivity contribution in [3.05, 3.63) is 35.9 Å². The molecule has 1 aromatic carbocycles. The Hall–Kier alpha value is -1.40. The molecule has 5 nitrogen and oxygen atoms in total. The van der Waals surface area contributed by atoms with E-state index in [9.17, 15) is 8.42 Å². The lowest BCUT2D eigenvalue weighted by Gasteiger charge is -2.31. The van der Waals surface area contributed by atoms with Crippen LogP contribution in [-0.2, 0) is 10.0 Å². The van der Waals surface area contributed by atoms with Crippen LogP contribution < -0.4 is 5.73 Å². The lowest BCUT2D eigenvalue weighted by Crippen LogP contribution is -2.43.